The summed E-state index contributed by atoms with van der Waals surface area (Å²) in [5, 5.41) is 8.49. The van der Waals surface area contributed by atoms with E-state index in [-0.39, 0.29) is 0 Å². The van der Waals surface area contributed by atoms with Crippen molar-refractivity contribution in [3.05, 3.63) is 11.6 Å². The molecular weight excluding hydrogens is 152 g/mol. The predicted octanol–water partition coefficient (Wildman–Crippen LogP) is 2.04. The number of aliphatic carboxylic acids is 1. The second-order valence-corrected chi connectivity index (χ2v) is 2.29. The summed E-state index contributed by atoms with van der Waals surface area (Å²) >= 11 is 5.39. The number of hydrogen-bond acceptors (Lipinski definition) is 1. The van der Waals surface area contributed by atoms with Crippen molar-refractivity contribution >= 4 is 17.6 Å². The van der Waals surface area contributed by atoms with E-state index in [9.17, 15) is 4.79 Å². The van der Waals surface area contributed by atoms with Crippen LogP contribution in [0.25, 0.3) is 0 Å². The van der Waals surface area contributed by atoms with Gasteiger partial charge in [-0.25, -0.2) is 4.79 Å². The average molecular weight is 163 g/mol. The summed E-state index contributed by atoms with van der Waals surface area (Å²) < 4.78 is 0. The number of alkyl halides is 1. The smallest absolute Gasteiger partial charge is 0.331 e. The van der Waals surface area contributed by atoms with E-state index < -0.39 is 5.97 Å². The number of allylic oxidation sites excluding steroid dienone is 1. The van der Waals surface area contributed by atoms with Crippen LogP contribution in [0.1, 0.15) is 19.8 Å². The van der Waals surface area contributed by atoms with Crippen molar-refractivity contribution in [2.24, 2.45) is 0 Å². The second-order valence-electron chi connectivity index (χ2n) is 1.91. The van der Waals surface area contributed by atoms with Gasteiger partial charge in [0.05, 0.1) is 0 Å². The summed E-state index contributed by atoms with van der Waals surface area (Å²) in [5.41, 5.74) is 0.445. The van der Waals surface area contributed by atoms with Gasteiger partial charge in [0, 0.05) is 11.5 Å². The van der Waals surface area contributed by atoms with Gasteiger partial charge in [0.25, 0.3) is 0 Å². The Balaban J connectivity index is 3.74. The first kappa shape index (κ1) is 9.50. The lowest BCUT2D eigenvalue weighted by molar-refractivity contribution is -0.132. The molecule has 0 aliphatic heterocycles. The molecule has 0 saturated heterocycles. The summed E-state index contributed by atoms with van der Waals surface area (Å²) in [6.45, 7) is 1.72. The fourth-order valence-corrected chi connectivity index (χ4v) is 0.766. The van der Waals surface area contributed by atoms with E-state index in [4.69, 9.17) is 16.7 Å². The molecule has 1 N–H and O–H groups in total. The fraction of sp³-hybridized carbons (Fsp3) is 0.571. The molecule has 0 aliphatic rings. The zero-order valence-corrected chi connectivity index (χ0v) is 6.69. The number of carbonyl (C=O) groups is 1. The van der Waals surface area contributed by atoms with E-state index in [0.29, 0.717) is 17.9 Å². The molecular formula is C7H11ClO2. The van der Waals surface area contributed by atoms with Gasteiger partial charge in [-0.05, 0) is 19.8 Å². The lowest BCUT2D eigenvalue weighted by atomic mass is 10.1. The highest BCUT2D eigenvalue weighted by Gasteiger charge is 2.03. The Kier molecular flexibility index (Phi) is 5.03. The zero-order valence-electron chi connectivity index (χ0n) is 5.93. The molecule has 0 fully saturated rings. The third kappa shape index (κ3) is 3.51. The first-order valence-corrected chi connectivity index (χ1v) is 3.70. The summed E-state index contributed by atoms with van der Waals surface area (Å²) in [6.07, 6.45) is 2.90. The van der Waals surface area contributed by atoms with Crippen molar-refractivity contribution in [2.45, 2.75) is 19.8 Å². The minimum Gasteiger partial charge on any atom is -0.478 e. The van der Waals surface area contributed by atoms with E-state index in [0.717, 1.165) is 6.42 Å². The molecule has 3 heteroatoms. The van der Waals surface area contributed by atoms with Crippen molar-refractivity contribution in [3.8, 4) is 0 Å². The van der Waals surface area contributed by atoms with Crippen LogP contribution in [0.5, 0.6) is 0 Å². The van der Waals surface area contributed by atoms with Crippen LogP contribution in [-0.2, 0) is 4.79 Å². The van der Waals surface area contributed by atoms with E-state index in [1.54, 1.807) is 13.0 Å². The van der Waals surface area contributed by atoms with E-state index in [1.165, 1.54) is 0 Å². The third-order valence-corrected chi connectivity index (χ3v) is 1.47. The lowest BCUT2D eigenvalue weighted by Gasteiger charge is -1.96. The fourth-order valence-electron chi connectivity index (χ4n) is 0.632. The van der Waals surface area contributed by atoms with Crippen LogP contribution in [0.4, 0.5) is 0 Å². The van der Waals surface area contributed by atoms with Gasteiger partial charge in [-0.3, -0.25) is 0 Å². The first-order valence-electron chi connectivity index (χ1n) is 3.16. The van der Waals surface area contributed by atoms with Crippen molar-refractivity contribution in [3.63, 3.8) is 0 Å². The van der Waals surface area contributed by atoms with Crippen molar-refractivity contribution in [1.29, 1.82) is 0 Å². The maximum Gasteiger partial charge on any atom is 0.331 e. The zero-order chi connectivity index (χ0) is 7.98. The highest BCUT2D eigenvalue weighted by molar-refractivity contribution is 6.17. The van der Waals surface area contributed by atoms with E-state index in [1.807, 2.05) is 0 Å². The predicted molar refractivity (Wildman–Crippen MR) is 41.3 cm³/mol. The Labute approximate surface area is 65.5 Å². The van der Waals surface area contributed by atoms with Crippen molar-refractivity contribution in [1.82, 2.24) is 0 Å². The molecule has 0 aromatic heterocycles. The third-order valence-electron chi connectivity index (χ3n) is 1.20. The highest BCUT2D eigenvalue weighted by Crippen LogP contribution is 2.05. The second kappa shape index (κ2) is 5.30. The molecule has 0 radical (unpaired) electrons. The Morgan fingerprint density at radius 2 is 2.30 bits per heavy atom. The number of hydrogen-bond donors (Lipinski definition) is 1. The summed E-state index contributed by atoms with van der Waals surface area (Å²) in [7, 11) is 0. The van der Waals surface area contributed by atoms with Gasteiger partial charge in [-0.1, -0.05) is 6.08 Å². The molecule has 0 saturated carbocycles. The summed E-state index contributed by atoms with van der Waals surface area (Å²) in [5.74, 6) is -0.322. The maximum absolute atomic E-state index is 10.3. The SMILES string of the molecule is CC=C(CCCCl)C(=O)O. The Morgan fingerprint density at radius 3 is 2.60 bits per heavy atom. The van der Waals surface area contributed by atoms with Crippen LogP contribution >= 0.6 is 11.6 Å². The molecule has 0 aliphatic carbocycles. The summed E-state index contributed by atoms with van der Waals surface area (Å²) in [4.78, 5) is 10.3. The van der Waals surface area contributed by atoms with Gasteiger partial charge in [0.2, 0.25) is 0 Å². The van der Waals surface area contributed by atoms with Gasteiger partial charge in [0.15, 0.2) is 0 Å². The molecule has 0 aromatic carbocycles. The summed E-state index contributed by atoms with van der Waals surface area (Å²) in [6, 6.07) is 0. The van der Waals surface area contributed by atoms with Gasteiger partial charge in [0.1, 0.15) is 0 Å². The molecule has 2 nitrogen and oxygen atoms in total. The van der Waals surface area contributed by atoms with Crippen LogP contribution in [0.15, 0.2) is 11.6 Å². The Morgan fingerprint density at radius 1 is 1.70 bits per heavy atom. The van der Waals surface area contributed by atoms with Crippen molar-refractivity contribution < 1.29 is 9.90 Å². The minimum atomic E-state index is -0.840. The topological polar surface area (TPSA) is 37.3 Å². The molecule has 0 heterocycles. The standard InChI is InChI=1S/C7H11ClO2/c1-2-6(7(9)10)4-3-5-8/h2H,3-5H2,1H3,(H,9,10). The normalized spacial score (nSPS) is 11.6. The monoisotopic (exact) mass is 162 g/mol. The molecule has 0 atom stereocenters. The van der Waals surface area contributed by atoms with Crippen molar-refractivity contribution in [2.75, 3.05) is 5.88 Å². The lowest BCUT2D eigenvalue weighted by Crippen LogP contribution is -2.00. The largest absolute Gasteiger partial charge is 0.478 e. The number of halogens is 1. The number of carboxylic acids is 1. The molecule has 0 bridgehead atoms. The van der Waals surface area contributed by atoms with Crippen LogP contribution in [0, 0.1) is 0 Å². The number of rotatable bonds is 4. The van der Waals surface area contributed by atoms with E-state index >= 15 is 0 Å². The van der Waals surface area contributed by atoms with Crippen LogP contribution in [0.2, 0.25) is 0 Å². The van der Waals surface area contributed by atoms with Gasteiger partial charge < -0.3 is 5.11 Å². The molecule has 0 rings (SSSR count). The molecule has 0 aromatic rings. The molecule has 0 unspecified atom stereocenters. The minimum absolute atomic E-state index is 0.445. The molecule has 0 spiro atoms. The molecule has 10 heavy (non-hydrogen) atoms. The van der Waals surface area contributed by atoms with Crippen LogP contribution in [-0.4, -0.2) is 17.0 Å². The van der Waals surface area contributed by atoms with Gasteiger partial charge in [-0.15, -0.1) is 11.6 Å². The van der Waals surface area contributed by atoms with Crippen LogP contribution in [0.3, 0.4) is 0 Å². The highest BCUT2D eigenvalue weighted by atomic mass is 35.5. The molecule has 58 valence electrons. The first-order chi connectivity index (χ1) is 4.72. The molecule has 0 amide bonds. The Bertz CT molecular complexity index is 141. The van der Waals surface area contributed by atoms with Gasteiger partial charge in [-0.2, -0.15) is 0 Å². The quantitative estimate of drug-likeness (QED) is 0.508. The Hall–Kier alpha value is -0.500. The van der Waals surface area contributed by atoms with Gasteiger partial charge >= 0.3 is 5.97 Å². The average Bonchev–Trinajstić information content (AvgIpc) is 1.89. The number of carboxylic acid groups (broad SMARTS) is 1. The van der Waals surface area contributed by atoms with Crippen LogP contribution < -0.4 is 0 Å². The van der Waals surface area contributed by atoms with E-state index in [2.05, 4.69) is 0 Å². The maximum atomic E-state index is 10.3.